The van der Waals surface area contributed by atoms with Crippen LogP contribution in [0.5, 0.6) is 0 Å². The van der Waals surface area contributed by atoms with Gasteiger partial charge >= 0.3 is 0 Å². The zero-order valence-electron chi connectivity index (χ0n) is 22.5. The molecular weight excluding hydrogens is 516 g/mol. The Kier molecular flexibility index (Phi) is 4.90. The number of amidine groups is 1. The Morgan fingerprint density at radius 3 is 2.21 bits per heavy atom. The number of benzene rings is 6. The van der Waals surface area contributed by atoms with E-state index in [1.54, 1.807) is 0 Å². The minimum absolute atomic E-state index is 0.410. The molecule has 1 atom stereocenters. The molecular formula is C37H24N4O. The molecule has 3 heterocycles. The molecule has 0 fully saturated rings. The van der Waals surface area contributed by atoms with Crippen LogP contribution in [0.1, 0.15) is 17.3 Å². The molecule has 198 valence electrons. The van der Waals surface area contributed by atoms with Crippen molar-refractivity contribution in [3.05, 3.63) is 145 Å². The number of nitrogens with zero attached hydrogens (tertiary/aromatic N) is 3. The molecule has 0 saturated carbocycles. The summed E-state index contributed by atoms with van der Waals surface area (Å²) in [6, 6.07) is 46.3. The Hall–Kier alpha value is -5.68. The molecule has 5 nitrogen and oxygen atoms in total. The van der Waals surface area contributed by atoms with Crippen LogP contribution >= 0.6 is 0 Å². The second kappa shape index (κ2) is 8.91. The summed E-state index contributed by atoms with van der Waals surface area (Å²) in [6.07, 6.45) is -0.410. The molecule has 0 bridgehead atoms. The molecule has 0 amide bonds. The molecule has 1 N–H and O–H groups in total. The molecule has 1 aliphatic rings. The van der Waals surface area contributed by atoms with E-state index in [1.807, 2.05) is 30.3 Å². The minimum atomic E-state index is -0.410. The minimum Gasteiger partial charge on any atom is -0.456 e. The second-order valence-corrected chi connectivity index (χ2v) is 10.7. The summed E-state index contributed by atoms with van der Waals surface area (Å²) in [5.74, 6) is 1.51. The molecule has 9 rings (SSSR count). The lowest BCUT2D eigenvalue weighted by molar-refractivity contribution is 0.669. The fraction of sp³-hybridized carbons (Fsp3) is 0.0270. The number of furan rings is 1. The summed E-state index contributed by atoms with van der Waals surface area (Å²) >= 11 is 0. The van der Waals surface area contributed by atoms with Crippen LogP contribution in [0.2, 0.25) is 0 Å². The zero-order chi connectivity index (χ0) is 27.6. The van der Waals surface area contributed by atoms with Crippen LogP contribution in [0.15, 0.2) is 148 Å². The van der Waals surface area contributed by atoms with Crippen molar-refractivity contribution in [1.82, 2.24) is 9.88 Å². The van der Waals surface area contributed by atoms with Gasteiger partial charge in [-0.05, 0) is 40.6 Å². The van der Waals surface area contributed by atoms with Gasteiger partial charge in [-0.2, -0.15) is 0 Å². The third-order valence-corrected chi connectivity index (χ3v) is 8.23. The Morgan fingerprint density at radius 1 is 0.548 bits per heavy atom. The van der Waals surface area contributed by atoms with E-state index in [2.05, 4.69) is 113 Å². The summed E-state index contributed by atoms with van der Waals surface area (Å²) in [4.78, 5) is 10.4. The van der Waals surface area contributed by atoms with Crippen LogP contribution < -0.4 is 5.32 Å². The maximum atomic E-state index is 6.32. The van der Waals surface area contributed by atoms with Gasteiger partial charge in [0.25, 0.3) is 0 Å². The molecule has 1 unspecified atom stereocenters. The SMILES string of the molecule is c1ccc(C2=NC(c3ccc4ccccc4c3)N=C(n3c4ccccc4c4cc5c(cc43)oc3ccccc35)N2)cc1. The lowest BCUT2D eigenvalue weighted by Gasteiger charge is -2.23. The first-order chi connectivity index (χ1) is 20.8. The molecule has 0 saturated heterocycles. The zero-order valence-corrected chi connectivity index (χ0v) is 22.5. The van der Waals surface area contributed by atoms with Crippen molar-refractivity contribution >= 4 is 66.3 Å². The number of aromatic nitrogens is 1. The summed E-state index contributed by atoms with van der Waals surface area (Å²) in [5, 5.41) is 10.5. The van der Waals surface area contributed by atoms with Gasteiger partial charge in [0.05, 0.1) is 11.0 Å². The van der Waals surface area contributed by atoms with Crippen molar-refractivity contribution in [1.29, 1.82) is 0 Å². The Labute approximate surface area is 241 Å². The number of aliphatic imine (C=N–C) groups is 2. The third kappa shape index (κ3) is 3.50. The maximum Gasteiger partial charge on any atom is 0.211 e. The maximum absolute atomic E-state index is 6.32. The Morgan fingerprint density at radius 2 is 1.31 bits per heavy atom. The largest absolute Gasteiger partial charge is 0.456 e. The summed E-state index contributed by atoms with van der Waals surface area (Å²) in [6.45, 7) is 0. The lowest BCUT2D eigenvalue weighted by atomic mass is 10.1. The van der Waals surface area contributed by atoms with E-state index in [-0.39, 0.29) is 0 Å². The average Bonchev–Trinajstić information content (AvgIpc) is 3.58. The number of fused-ring (bicyclic) bond motifs is 7. The molecule has 0 aliphatic carbocycles. The predicted octanol–water partition coefficient (Wildman–Crippen LogP) is 8.80. The first-order valence-electron chi connectivity index (χ1n) is 14.1. The highest BCUT2D eigenvalue weighted by molar-refractivity contribution is 6.22. The molecule has 1 aliphatic heterocycles. The summed E-state index contributed by atoms with van der Waals surface area (Å²) < 4.78 is 8.53. The topological polar surface area (TPSA) is 54.8 Å². The Balaban J connectivity index is 1.30. The van der Waals surface area contributed by atoms with Crippen molar-refractivity contribution in [3.8, 4) is 0 Å². The highest BCUT2D eigenvalue weighted by atomic mass is 16.3. The van der Waals surface area contributed by atoms with E-state index in [9.17, 15) is 0 Å². The van der Waals surface area contributed by atoms with Crippen molar-refractivity contribution in [2.45, 2.75) is 6.17 Å². The fourth-order valence-corrected chi connectivity index (χ4v) is 6.23. The molecule has 0 spiro atoms. The quantitative estimate of drug-likeness (QED) is 0.238. The van der Waals surface area contributed by atoms with E-state index >= 15 is 0 Å². The van der Waals surface area contributed by atoms with Crippen molar-refractivity contribution in [2.24, 2.45) is 9.98 Å². The highest BCUT2D eigenvalue weighted by Gasteiger charge is 2.24. The number of nitrogens with one attached hydrogen (secondary N) is 1. The van der Waals surface area contributed by atoms with Crippen LogP contribution in [0.3, 0.4) is 0 Å². The van der Waals surface area contributed by atoms with Crippen LogP contribution in [0.4, 0.5) is 0 Å². The molecule has 0 radical (unpaired) electrons. The number of hydrogen-bond donors (Lipinski definition) is 1. The summed E-state index contributed by atoms with van der Waals surface area (Å²) in [5.41, 5.74) is 5.90. The van der Waals surface area contributed by atoms with Gasteiger partial charge in [0.15, 0.2) is 6.17 Å². The lowest BCUT2D eigenvalue weighted by Crippen LogP contribution is -2.39. The second-order valence-electron chi connectivity index (χ2n) is 10.7. The van der Waals surface area contributed by atoms with Crippen molar-refractivity contribution < 1.29 is 4.42 Å². The van der Waals surface area contributed by atoms with Gasteiger partial charge in [0.2, 0.25) is 5.96 Å². The first-order valence-corrected chi connectivity index (χ1v) is 14.1. The smallest absolute Gasteiger partial charge is 0.211 e. The molecule has 5 heteroatoms. The van der Waals surface area contributed by atoms with E-state index in [0.29, 0.717) is 0 Å². The monoisotopic (exact) mass is 540 g/mol. The van der Waals surface area contributed by atoms with Crippen LogP contribution in [-0.4, -0.2) is 16.4 Å². The molecule has 2 aromatic heterocycles. The van der Waals surface area contributed by atoms with E-state index in [1.165, 1.54) is 10.8 Å². The van der Waals surface area contributed by atoms with Crippen LogP contribution in [0.25, 0.3) is 54.5 Å². The van der Waals surface area contributed by atoms with Gasteiger partial charge in [0.1, 0.15) is 17.0 Å². The number of para-hydroxylation sites is 2. The van der Waals surface area contributed by atoms with Crippen LogP contribution in [0, 0.1) is 0 Å². The normalized spacial score (nSPS) is 15.4. The van der Waals surface area contributed by atoms with E-state index < -0.39 is 6.17 Å². The third-order valence-electron chi connectivity index (χ3n) is 8.23. The number of rotatable bonds is 2. The number of hydrogen-bond acceptors (Lipinski definition) is 4. The van der Waals surface area contributed by atoms with Gasteiger partial charge in [0, 0.05) is 33.2 Å². The average molecular weight is 541 g/mol. The van der Waals surface area contributed by atoms with Crippen LogP contribution in [-0.2, 0) is 0 Å². The highest BCUT2D eigenvalue weighted by Crippen LogP contribution is 2.37. The van der Waals surface area contributed by atoms with E-state index in [4.69, 9.17) is 14.4 Å². The van der Waals surface area contributed by atoms with E-state index in [0.717, 1.165) is 66.7 Å². The van der Waals surface area contributed by atoms with Gasteiger partial charge in [-0.15, -0.1) is 0 Å². The van der Waals surface area contributed by atoms with Gasteiger partial charge in [-0.1, -0.05) is 103 Å². The standard InChI is InChI=1S/C37H24N4O/c1-2-11-24(12-3-1)35-38-36(26-19-18-23-10-4-5-13-25(23)20-26)40-37(39-35)41-31-16-8-6-14-27(31)29-21-30-28-15-7-9-17-33(28)42-34(30)22-32(29)41/h1-22,36H,(H,38,39,40). The van der Waals surface area contributed by atoms with Gasteiger partial charge < -0.3 is 9.73 Å². The first kappa shape index (κ1) is 23.1. The van der Waals surface area contributed by atoms with Gasteiger partial charge in [-0.25, -0.2) is 9.98 Å². The van der Waals surface area contributed by atoms with Crippen molar-refractivity contribution in [3.63, 3.8) is 0 Å². The Bertz CT molecular complexity index is 2390. The van der Waals surface area contributed by atoms with Crippen molar-refractivity contribution in [2.75, 3.05) is 0 Å². The fourth-order valence-electron chi connectivity index (χ4n) is 6.23. The predicted molar refractivity (Wildman–Crippen MR) is 172 cm³/mol. The molecule has 8 aromatic rings. The molecule has 6 aromatic carbocycles. The molecule has 42 heavy (non-hydrogen) atoms. The van der Waals surface area contributed by atoms with Gasteiger partial charge in [-0.3, -0.25) is 4.57 Å². The summed E-state index contributed by atoms with van der Waals surface area (Å²) in [7, 11) is 0.